The minimum absolute atomic E-state index is 0.0315. The molecule has 0 radical (unpaired) electrons. The smallest absolute Gasteiger partial charge is 0.233 e. The quantitative estimate of drug-likeness (QED) is 0.825. The molecule has 1 aromatic rings. The molecule has 2 aliphatic carbocycles. The van der Waals surface area contributed by atoms with Crippen LogP contribution in [-0.4, -0.2) is 16.9 Å². The Balaban J connectivity index is 1.68. The number of fused-ring (bicyclic) bond motifs is 1. The van der Waals surface area contributed by atoms with Gasteiger partial charge in [0.15, 0.2) is 0 Å². The van der Waals surface area contributed by atoms with Gasteiger partial charge in [-0.2, -0.15) is 0 Å². The molecule has 3 rings (SSSR count). The maximum atomic E-state index is 12.4. The first-order valence-corrected chi connectivity index (χ1v) is 7.20. The van der Waals surface area contributed by atoms with E-state index in [0.29, 0.717) is 4.99 Å². The maximum Gasteiger partial charge on any atom is 0.233 e. The van der Waals surface area contributed by atoms with E-state index in [1.165, 1.54) is 11.1 Å². The summed E-state index contributed by atoms with van der Waals surface area (Å²) in [6, 6.07) is 8.55. The van der Waals surface area contributed by atoms with Crippen LogP contribution in [-0.2, 0) is 17.6 Å². The van der Waals surface area contributed by atoms with E-state index in [2.05, 4.69) is 17.4 Å². The third-order valence-corrected chi connectivity index (χ3v) is 4.89. The number of hydrogen-bond donors (Lipinski definition) is 2. The first-order valence-electron chi connectivity index (χ1n) is 6.79. The van der Waals surface area contributed by atoms with Gasteiger partial charge in [0.25, 0.3) is 0 Å². The number of amides is 1. The van der Waals surface area contributed by atoms with Crippen molar-refractivity contribution in [2.75, 3.05) is 0 Å². The standard InChI is InChI=1S/C15H18N2OS/c16-13(19)15(6-3-7-15)14(18)17-12-8-10-4-1-2-5-11(10)9-12/h1-2,4-5,12H,3,6-9H2,(H2,16,19)(H,17,18). The third kappa shape index (κ3) is 2.04. The monoisotopic (exact) mass is 274 g/mol. The molecule has 0 unspecified atom stereocenters. The Hall–Kier alpha value is -1.42. The Morgan fingerprint density at radius 2 is 1.84 bits per heavy atom. The third-order valence-electron chi connectivity index (χ3n) is 4.50. The van der Waals surface area contributed by atoms with Crippen LogP contribution >= 0.6 is 12.2 Å². The van der Waals surface area contributed by atoms with Crippen LogP contribution in [0.15, 0.2) is 24.3 Å². The molecular formula is C15H18N2OS. The highest BCUT2D eigenvalue weighted by molar-refractivity contribution is 7.80. The van der Waals surface area contributed by atoms with E-state index < -0.39 is 5.41 Å². The van der Waals surface area contributed by atoms with Crippen molar-refractivity contribution in [2.24, 2.45) is 11.1 Å². The molecule has 0 spiro atoms. The summed E-state index contributed by atoms with van der Waals surface area (Å²) in [5, 5.41) is 3.14. The molecular weight excluding hydrogens is 256 g/mol. The van der Waals surface area contributed by atoms with Crippen LogP contribution in [0.5, 0.6) is 0 Å². The lowest BCUT2D eigenvalue weighted by Gasteiger charge is -2.39. The van der Waals surface area contributed by atoms with E-state index in [1.54, 1.807) is 0 Å². The summed E-state index contributed by atoms with van der Waals surface area (Å²) in [6.07, 6.45) is 4.46. The Bertz CT molecular complexity index is 512. The van der Waals surface area contributed by atoms with Gasteiger partial charge < -0.3 is 11.1 Å². The lowest BCUT2D eigenvalue weighted by Crippen LogP contribution is -2.55. The fourth-order valence-electron chi connectivity index (χ4n) is 3.10. The molecule has 3 nitrogen and oxygen atoms in total. The lowest BCUT2D eigenvalue weighted by atomic mass is 9.68. The predicted octanol–water partition coefficient (Wildman–Crippen LogP) is 1.73. The number of carbonyl (C=O) groups is 1. The van der Waals surface area contributed by atoms with Gasteiger partial charge in [-0.05, 0) is 36.8 Å². The van der Waals surface area contributed by atoms with Gasteiger partial charge >= 0.3 is 0 Å². The van der Waals surface area contributed by atoms with Crippen LogP contribution < -0.4 is 11.1 Å². The zero-order valence-electron chi connectivity index (χ0n) is 10.8. The molecule has 0 aromatic heterocycles. The largest absolute Gasteiger partial charge is 0.392 e. The second kappa shape index (κ2) is 4.60. The van der Waals surface area contributed by atoms with E-state index >= 15 is 0 Å². The molecule has 0 aliphatic heterocycles. The fraction of sp³-hybridized carbons (Fsp3) is 0.467. The molecule has 0 heterocycles. The highest BCUT2D eigenvalue weighted by Gasteiger charge is 2.47. The number of rotatable bonds is 3. The molecule has 1 aromatic carbocycles. The van der Waals surface area contributed by atoms with Crippen molar-refractivity contribution < 1.29 is 4.79 Å². The molecule has 4 heteroatoms. The normalized spacial score (nSPS) is 20.4. The van der Waals surface area contributed by atoms with E-state index in [4.69, 9.17) is 18.0 Å². The summed E-state index contributed by atoms with van der Waals surface area (Å²) in [5.74, 6) is 0.0315. The van der Waals surface area contributed by atoms with Gasteiger partial charge in [0.1, 0.15) is 0 Å². The molecule has 0 bridgehead atoms. The van der Waals surface area contributed by atoms with Gasteiger partial charge in [-0.15, -0.1) is 0 Å². The molecule has 100 valence electrons. The molecule has 3 N–H and O–H groups in total. The van der Waals surface area contributed by atoms with Crippen LogP contribution in [0.4, 0.5) is 0 Å². The van der Waals surface area contributed by atoms with Gasteiger partial charge in [0.2, 0.25) is 5.91 Å². The van der Waals surface area contributed by atoms with Crippen LogP contribution in [0.2, 0.25) is 0 Å². The van der Waals surface area contributed by atoms with Crippen LogP contribution in [0, 0.1) is 5.41 Å². The second-order valence-electron chi connectivity index (χ2n) is 5.65. The number of nitrogens with two attached hydrogens (primary N) is 1. The second-order valence-corrected chi connectivity index (χ2v) is 6.09. The van der Waals surface area contributed by atoms with Crippen molar-refractivity contribution in [3.05, 3.63) is 35.4 Å². The van der Waals surface area contributed by atoms with Crippen molar-refractivity contribution in [1.29, 1.82) is 0 Å². The number of benzene rings is 1. The number of hydrogen-bond acceptors (Lipinski definition) is 2. The first kappa shape index (κ1) is 12.6. The summed E-state index contributed by atoms with van der Waals surface area (Å²) in [4.78, 5) is 12.8. The average molecular weight is 274 g/mol. The molecule has 0 atom stereocenters. The summed E-state index contributed by atoms with van der Waals surface area (Å²) in [6.45, 7) is 0. The number of nitrogens with one attached hydrogen (secondary N) is 1. The molecule has 0 saturated heterocycles. The average Bonchev–Trinajstić information content (AvgIpc) is 2.68. The Labute approximate surface area is 118 Å². The molecule has 2 aliphatic rings. The van der Waals surface area contributed by atoms with Crippen molar-refractivity contribution in [2.45, 2.75) is 38.1 Å². The van der Waals surface area contributed by atoms with Crippen molar-refractivity contribution >= 4 is 23.1 Å². The van der Waals surface area contributed by atoms with Gasteiger partial charge in [0, 0.05) is 6.04 Å². The minimum atomic E-state index is -0.565. The van der Waals surface area contributed by atoms with Crippen LogP contribution in [0.3, 0.4) is 0 Å². The SMILES string of the molecule is NC(=S)C1(C(=O)NC2Cc3ccccc3C2)CCC1. The molecule has 1 amide bonds. The highest BCUT2D eigenvalue weighted by Crippen LogP contribution is 2.41. The first-order chi connectivity index (χ1) is 9.12. The molecule has 19 heavy (non-hydrogen) atoms. The zero-order chi connectivity index (χ0) is 13.5. The van der Waals surface area contributed by atoms with E-state index in [0.717, 1.165) is 32.1 Å². The summed E-state index contributed by atoms with van der Waals surface area (Å²) < 4.78 is 0. The number of carbonyl (C=O) groups excluding carboxylic acids is 1. The molecule has 1 fully saturated rings. The van der Waals surface area contributed by atoms with Crippen molar-refractivity contribution in [3.8, 4) is 0 Å². The van der Waals surface area contributed by atoms with Gasteiger partial charge in [-0.1, -0.05) is 42.9 Å². The molecule has 1 saturated carbocycles. The summed E-state index contributed by atoms with van der Waals surface area (Å²) >= 11 is 5.08. The van der Waals surface area contributed by atoms with Gasteiger partial charge in [-0.25, -0.2) is 0 Å². The maximum absolute atomic E-state index is 12.4. The Kier molecular flexibility index (Phi) is 3.05. The topological polar surface area (TPSA) is 55.1 Å². The fourth-order valence-corrected chi connectivity index (χ4v) is 3.40. The Morgan fingerprint density at radius 1 is 1.26 bits per heavy atom. The minimum Gasteiger partial charge on any atom is -0.392 e. The lowest BCUT2D eigenvalue weighted by molar-refractivity contribution is -0.131. The Morgan fingerprint density at radius 3 is 2.26 bits per heavy atom. The van der Waals surface area contributed by atoms with Gasteiger partial charge in [0.05, 0.1) is 10.4 Å². The summed E-state index contributed by atoms with van der Waals surface area (Å²) in [7, 11) is 0. The van der Waals surface area contributed by atoms with E-state index in [-0.39, 0.29) is 11.9 Å². The van der Waals surface area contributed by atoms with Crippen molar-refractivity contribution in [1.82, 2.24) is 5.32 Å². The summed E-state index contributed by atoms with van der Waals surface area (Å²) in [5.41, 5.74) is 7.87. The predicted molar refractivity (Wildman–Crippen MR) is 78.9 cm³/mol. The number of thiocarbonyl (C=S) groups is 1. The zero-order valence-corrected chi connectivity index (χ0v) is 11.6. The van der Waals surface area contributed by atoms with E-state index in [1.807, 2.05) is 12.1 Å². The van der Waals surface area contributed by atoms with Gasteiger partial charge in [-0.3, -0.25) is 4.79 Å². The highest BCUT2D eigenvalue weighted by atomic mass is 32.1. The van der Waals surface area contributed by atoms with E-state index in [9.17, 15) is 4.79 Å². The van der Waals surface area contributed by atoms with Crippen LogP contribution in [0.1, 0.15) is 30.4 Å². The van der Waals surface area contributed by atoms with Crippen molar-refractivity contribution in [3.63, 3.8) is 0 Å². The van der Waals surface area contributed by atoms with Crippen LogP contribution in [0.25, 0.3) is 0 Å².